The van der Waals surface area contributed by atoms with Crippen molar-refractivity contribution in [1.82, 2.24) is 4.90 Å². The molecule has 2 bridgehead atoms. The third-order valence-electron chi connectivity index (χ3n) is 4.29. The summed E-state index contributed by atoms with van der Waals surface area (Å²) in [4.78, 5) is 2.56. The molecule has 3 nitrogen and oxygen atoms in total. The molecule has 1 aromatic carbocycles. The number of hydrogen-bond donors (Lipinski definition) is 2. The molecule has 1 aromatic rings. The molecule has 4 rings (SSSR count). The van der Waals surface area contributed by atoms with Gasteiger partial charge in [-0.05, 0) is 50.4 Å². The molecule has 0 aromatic heterocycles. The molecular weight excluding hydrogens is 210 g/mol. The molecule has 3 heteroatoms. The van der Waals surface area contributed by atoms with Crippen LogP contribution in [-0.2, 0) is 0 Å². The van der Waals surface area contributed by atoms with Crippen LogP contribution in [0.5, 0.6) is 0 Å². The van der Waals surface area contributed by atoms with Gasteiger partial charge in [0.05, 0.1) is 11.4 Å². The quantitative estimate of drug-likeness (QED) is 0.766. The highest BCUT2D eigenvalue weighted by Crippen LogP contribution is 2.32. The maximum absolute atomic E-state index is 6.06. The Morgan fingerprint density at radius 1 is 1.29 bits per heavy atom. The number of para-hydroxylation sites is 1. The second-order valence-electron chi connectivity index (χ2n) is 5.43. The number of nitrogens with zero attached hydrogens (tertiary/aromatic N) is 1. The van der Waals surface area contributed by atoms with Crippen molar-refractivity contribution in [2.75, 3.05) is 30.7 Å². The molecule has 0 amide bonds. The molecular formula is C14H21N3. The number of hydrogen-bond acceptors (Lipinski definition) is 3. The molecule has 0 saturated carbocycles. The maximum Gasteiger partial charge on any atom is 0.0606 e. The normalized spacial score (nSPS) is 31.5. The highest BCUT2D eigenvalue weighted by atomic mass is 15.2. The van der Waals surface area contributed by atoms with Crippen LogP contribution in [-0.4, -0.2) is 30.6 Å². The molecule has 0 spiro atoms. The van der Waals surface area contributed by atoms with Gasteiger partial charge in [0, 0.05) is 12.6 Å². The molecule has 1 unspecified atom stereocenters. The summed E-state index contributed by atoms with van der Waals surface area (Å²) in [5.41, 5.74) is 9.33. The summed E-state index contributed by atoms with van der Waals surface area (Å²) >= 11 is 0. The Labute approximate surface area is 103 Å². The minimum Gasteiger partial charge on any atom is -0.397 e. The summed E-state index contributed by atoms with van der Waals surface area (Å²) in [5, 5.41) is 3.68. The van der Waals surface area contributed by atoms with Gasteiger partial charge in [0.15, 0.2) is 0 Å². The average Bonchev–Trinajstić information content (AvgIpc) is 2.36. The zero-order chi connectivity index (χ0) is 11.8. The Balaban J connectivity index is 1.79. The second-order valence-corrected chi connectivity index (χ2v) is 5.43. The van der Waals surface area contributed by atoms with Gasteiger partial charge >= 0.3 is 0 Å². The van der Waals surface area contributed by atoms with E-state index < -0.39 is 0 Å². The van der Waals surface area contributed by atoms with E-state index in [1.165, 1.54) is 38.0 Å². The van der Waals surface area contributed by atoms with Crippen LogP contribution in [0.25, 0.3) is 0 Å². The van der Waals surface area contributed by atoms with Crippen molar-refractivity contribution in [3.8, 4) is 0 Å². The summed E-state index contributed by atoms with van der Waals surface area (Å²) in [6.07, 6.45) is 2.67. The van der Waals surface area contributed by atoms with Crippen molar-refractivity contribution in [1.29, 1.82) is 0 Å². The first-order chi connectivity index (χ1) is 8.24. The molecule has 0 aliphatic carbocycles. The van der Waals surface area contributed by atoms with Crippen molar-refractivity contribution in [2.24, 2.45) is 5.92 Å². The predicted octanol–water partition coefficient (Wildman–Crippen LogP) is 2.08. The van der Waals surface area contributed by atoms with Gasteiger partial charge in [-0.3, -0.25) is 0 Å². The van der Waals surface area contributed by atoms with E-state index in [1.54, 1.807) is 0 Å². The zero-order valence-electron chi connectivity index (χ0n) is 10.4. The Morgan fingerprint density at radius 3 is 2.65 bits per heavy atom. The van der Waals surface area contributed by atoms with Gasteiger partial charge in [0.1, 0.15) is 0 Å². The van der Waals surface area contributed by atoms with Crippen LogP contribution in [0.15, 0.2) is 18.2 Å². The van der Waals surface area contributed by atoms with Gasteiger partial charge in [0.25, 0.3) is 0 Å². The Kier molecular flexibility index (Phi) is 2.71. The summed E-state index contributed by atoms with van der Waals surface area (Å²) in [6.45, 7) is 5.87. The van der Waals surface area contributed by atoms with E-state index in [4.69, 9.17) is 5.73 Å². The molecule has 17 heavy (non-hydrogen) atoms. The first-order valence-electron chi connectivity index (χ1n) is 6.58. The van der Waals surface area contributed by atoms with Gasteiger partial charge in [0.2, 0.25) is 0 Å². The van der Waals surface area contributed by atoms with Crippen molar-refractivity contribution >= 4 is 11.4 Å². The molecule has 3 N–H and O–H groups in total. The number of nitrogens with two attached hydrogens (primary N) is 1. The lowest BCUT2D eigenvalue weighted by Crippen LogP contribution is -2.53. The van der Waals surface area contributed by atoms with E-state index in [0.717, 1.165) is 17.3 Å². The molecule has 1 atom stereocenters. The van der Waals surface area contributed by atoms with Crippen LogP contribution < -0.4 is 11.1 Å². The number of aryl methyl sites for hydroxylation is 1. The summed E-state index contributed by atoms with van der Waals surface area (Å²) in [5.74, 6) is 0.832. The van der Waals surface area contributed by atoms with Gasteiger partial charge < -0.3 is 16.0 Å². The number of nitrogens with one attached hydrogen (secondary N) is 1. The molecule has 3 saturated heterocycles. The summed E-state index contributed by atoms with van der Waals surface area (Å²) in [6, 6.07) is 6.71. The topological polar surface area (TPSA) is 41.3 Å². The van der Waals surface area contributed by atoms with Gasteiger partial charge in [-0.25, -0.2) is 0 Å². The van der Waals surface area contributed by atoms with Crippen LogP contribution >= 0.6 is 0 Å². The van der Waals surface area contributed by atoms with Crippen LogP contribution in [0.4, 0.5) is 11.4 Å². The first-order valence-corrected chi connectivity index (χ1v) is 6.58. The third kappa shape index (κ3) is 2.00. The minimum atomic E-state index is 0.584. The number of nitrogen functional groups attached to an aromatic ring is 1. The van der Waals surface area contributed by atoms with Crippen LogP contribution in [0.3, 0.4) is 0 Å². The van der Waals surface area contributed by atoms with Crippen LogP contribution in [0.2, 0.25) is 0 Å². The van der Waals surface area contributed by atoms with Crippen molar-refractivity contribution in [3.63, 3.8) is 0 Å². The standard InChI is InChI=1S/C14H21N3/c1-10-3-2-4-12(15)14(10)16-13-9-17-7-5-11(13)6-8-17/h2-4,11,13,16H,5-9,15H2,1H3. The Hall–Kier alpha value is -1.22. The van der Waals surface area contributed by atoms with E-state index in [1.807, 2.05) is 12.1 Å². The molecule has 92 valence electrons. The maximum atomic E-state index is 6.06. The summed E-state index contributed by atoms with van der Waals surface area (Å²) in [7, 11) is 0. The van der Waals surface area contributed by atoms with Crippen LogP contribution in [0.1, 0.15) is 18.4 Å². The number of benzene rings is 1. The largest absolute Gasteiger partial charge is 0.397 e. The number of fused-ring (bicyclic) bond motifs is 3. The fourth-order valence-electron chi connectivity index (χ4n) is 3.20. The average molecular weight is 231 g/mol. The van der Waals surface area contributed by atoms with Crippen molar-refractivity contribution < 1.29 is 0 Å². The van der Waals surface area contributed by atoms with Gasteiger partial charge in [-0.15, -0.1) is 0 Å². The number of anilines is 2. The molecule has 0 radical (unpaired) electrons. The van der Waals surface area contributed by atoms with E-state index in [2.05, 4.69) is 23.2 Å². The highest BCUT2D eigenvalue weighted by molar-refractivity contribution is 5.70. The predicted molar refractivity (Wildman–Crippen MR) is 72.2 cm³/mol. The van der Waals surface area contributed by atoms with Crippen molar-refractivity contribution in [3.05, 3.63) is 23.8 Å². The lowest BCUT2D eigenvalue weighted by molar-refractivity contribution is 0.0975. The zero-order valence-corrected chi connectivity index (χ0v) is 10.4. The highest BCUT2D eigenvalue weighted by Gasteiger charge is 2.34. The van der Waals surface area contributed by atoms with E-state index in [-0.39, 0.29) is 0 Å². The third-order valence-corrected chi connectivity index (χ3v) is 4.29. The fourth-order valence-corrected chi connectivity index (χ4v) is 3.20. The molecule has 3 heterocycles. The van der Waals surface area contributed by atoms with E-state index in [0.29, 0.717) is 6.04 Å². The van der Waals surface area contributed by atoms with Crippen LogP contribution in [0, 0.1) is 12.8 Å². The second kappa shape index (κ2) is 4.22. The lowest BCUT2D eigenvalue weighted by atomic mass is 9.84. The lowest BCUT2D eigenvalue weighted by Gasteiger charge is -2.45. The summed E-state index contributed by atoms with van der Waals surface area (Å²) < 4.78 is 0. The monoisotopic (exact) mass is 231 g/mol. The number of piperidine rings is 3. The van der Waals surface area contributed by atoms with E-state index in [9.17, 15) is 0 Å². The molecule has 3 aliphatic rings. The van der Waals surface area contributed by atoms with E-state index >= 15 is 0 Å². The molecule has 3 aliphatic heterocycles. The SMILES string of the molecule is Cc1cccc(N)c1NC1CN2CCC1CC2. The molecule has 3 fully saturated rings. The van der Waals surface area contributed by atoms with Gasteiger partial charge in [-0.1, -0.05) is 12.1 Å². The van der Waals surface area contributed by atoms with Gasteiger partial charge in [-0.2, -0.15) is 0 Å². The fraction of sp³-hybridized carbons (Fsp3) is 0.571. The smallest absolute Gasteiger partial charge is 0.0606 e. The Bertz CT molecular complexity index is 388. The van der Waals surface area contributed by atoms with Crippen molar-refractivity contribution in [2.45, 2.75) is 25.8 Å². The number of rotatable bonds is 2. The Morgan fingerprint density at radius 2 is 2.06 bits per heavy atom. The minimum absolute atomic E-state index is 0.584. The first kappa shape index (κ1) is 10.9.